The van der Waals surface area contributed by atoms with Crippen LogP contribution in [0.15, 0.2) is 41.3 Å². The first-order valence-electron chi connectivity index (χ1n) is 6.89. The summed E-state index contributed by atoms with van der Waals surface area (Å²) in [5.41, 5.74) is 5.37. The van der Waals surface area contributed by atoms with E-state index in [2.05, 4.69) is 37.0 Å². The third kappa shape index (κ3) is 3.82. The molecule has 2 aromatic rings. The second-order valence-electron chi connectivity index (χ2n) is 5.14. The molecule has 1 heterocycles. The highest BCUT2D eigenvalue weighted by molar-refractivity contribution is 5.33. The smallest absolute Gasteiger partial charge is 0.248 e. The molecular weight excluding hydrogens is 234 g/mol. The van der Waals surface area contributed by atoms with Crippen LogP contribution in [0.1, 0.15) is 35.1 Å². The van der Waals surface area contributed by atoms with Crippen molar-refractivity contribution in [2.24, 2.45) is 0 Å². The Balaban J connectivity index is 1.86. The lowest BCUT2D eigenvalue weighted by Crippen LogP contribution is -2.04. The van der Waals surface area contributed by atoms with Crippen LogP contribution in [0.3, 0.4) is 0 Å². The molecule has 0 saturated carbocycles. The Morgan fingerprint density at radius 1 is 1.00 bits per heavy atom. The van der Waals surface area contributed by atoms with Crippen molar-refractivity contribution in [3.05, 3.63) is 69.1 Å². The minimum atomic E-state index is -0.00718. The van der Waals surface area contributed by atoms with Gasteiger partial charge in [0.15, 0.2) is 0 Å². The van der Waals surface area contributed by atoms with Crippen LogP contribution < -0.4 is 5.56 Å². The van der Waals surface area contributed by atoms with Crippen molar-refractivity contribution in [2.45, 2.75) is 39.5 Å². The highest BCUT2D eigenvalue weighted by atomic mass is 16.1. The molecule has 0 bridgehead atoms. The maximum atomic E-state index is 11.2. The third-order valence-electron chi connectivity index (χ3n) is 3.63. The van der Waals surface area contributed by atoms with E-state index in [4.69, 9.17) is 0 Å². The van der Waals surface area contributed by atoms with E-state index in [1.165, 1.54) is 23.1 Å². The number of nitrogens with one attached hydrogen (secondary N) is 1. The van der Waals surface area contributed by atoms with E-state index in [1.54, 1.807) is 12.3 Å². The number of aromatic nitrogens is 1. The van der Waals surface area contributed by atoms with E-state index in [0.29, 0.717) is 0 Å². The summed E-state index contributed by atoms with van der Waals surface area (Å²) in [6.45, 7) is 4.36. The van der Waals surface area contributed by atoms with Gasteiger partial charge in [-0.2, -0.15) is 0 Å². The predicted octanol–water partition coefficient (Wildman–Crippen LogP) is 3.56. The van der Waals surface area contributed by atoms with Crippen molar-refractivity contribution >= 4 is 0 Å². The van der Waals surface area contributed by atoms with Crippen LogP contribution in [0.4, 0.5) is 0 Å². The Labute approximate surface area is 114 Å². The van der Waals surface area contributed by atoms with E-state index in [9.17, 15) is 4.79 Å². The predicted molar refractivity (Wildman–Crippen MR) is 79.6 cm³/mol. The molecule has 0 unspecified atom stereocenters. The summed E-state index contributed by atoms with van der Waals surface area (Å²) >= 11 is 0. The van der Waals surface area contributed by atoms with Crippen LogP contribution in [-0.4, -0.2) is 4.98 Å². The van der Waals surface area contributed by atoms with Gasteiger partial charge < -0.3 is 4.98 Å². The fourth-order valence-corrected chi connectivity index (χ4v) is 2.52. The molecule has 1 aromatic carbocycles. The highest BCUT2D eigenvalue weighted by Crippen LogP contribution is 2.16. The van der Waals surface area contributed by atoms with E-state index >= 15 is 0 Å². The summed E-state index contributed by atoms with van der Waals surface area (Å²) in [6.07, 6.45) is 6.12. The average Bonchev–Trinajstić information content (AvgIpc) is 2.37. The largest absolute Gasteiger partial charge is 0.329 e. The summed E-state index contributed by atoms with van der Waals surface area (Å²) in [6, 6.07) is 10.2. The Kier molecular flexibility index (Phi) is 4.56. The Bertz CT molecular complexity index is 578. The fraction of sp³-hybridized carbons (Fsp3) is 0.353. The van der Waals surface area contributed by atoms with Gasteiger partial charge in [-0.1, -0.05) is 18.2 Å². The molecule has 0 amide bonds. The molecule has 0 fully saturated rings. The van der Waals surface area contributed by atoms with Gasteiger partial charge in [0, 0.05) is 12.3 Å². The molecule has 1 N–H and O–H groups in total. The number of hydrogen-bond donors (Lipinski definition) is 1. The maximum Gasteiger partial charge on any atom is 0.248 e. The SMILES string of the molecule is Cc1cccc(C)c1CCCCc1cc[nH]c(=O)c1. The van der Waals surface area contributed by atoms with Gasteiger partial charge in [-0.15, -0.1) is 0 Å². The number of hydrogen-bond acceptors (Lipinski definition) is 1. The molecule has 100 valence electrons. The van der Waals surface area contributed by atoms with E-state index in [1.807, 2.05) is 6.07 Å². The number of aromatic amines is 1. The van der Waals surface area contributed by atoms with Crippen molar-refractivity contribution in [3.63, 3.8) is 0 Å². The third-order valence-corrected chi connectivity index (χ3v) is 3.63. The van der Waals surface area contributed by atoms with Gasteiger partial charge in [0.2, 0.25) is 5.56 Å². The fourth-order valence-electron chi connectivity index (χ4n) is 2.52. The van der Waals surface area contributed by atoms with Gasteiger partial charge >= 0.3 is 0 Å². The average molecular weight is 255 g/mol. The number of benzene rings is 1. The molecule has 2 rings (SSSR count). The van der Waals surface area contributed by atoms with Crippen LogP contribution in [0.2, 0.25) is 0 Å². The molecule has 2 heteroatoms. The van der Waals surface area contributed by atoms with Crippen molar-refractivity contribution < 1.29 is 0 Å². The van der Waals surface area contributed by atoms with Gasteiger partial charge in [0.1, 0.15) is 0 Å². The van der Waals surface area contributed by atoms with Crippen molar-refractivity contribution in [2.75, 3.05) is 0 Å². The Hall–Kier alpha value is -1.83. The summed E-state index contributed by atoms with van der Waals surface area (Å²) in [5.74, 6) is 0. The quantitative estimate of drug-likeness (QED) is 0.814. The van der Waals surface area contributed by atoms with Crippen LogP contribution in [0.5, 0.6) is 0 Å². The number of aryl methyl sites for hydroxylation is 3. The first-order valence-corrected chi connectivity index (χ1v) is 6.89. The molecule has 0 atom stereocenters. The minimum Gasteiger partial charge on any atom is -0.329 e. The standard InChI is InChI=1S/C17H21NO/c1-13-6-5-7-14(2)16(13)9-4-3-8-15-10-11-18-17(19)12-15/h5-7,10-12H,3-4,8-9H2,1-2H3,(H,18,19). The zero-order valence-corrected chi connectivity index (χ0v) is 11.7. The lowest BCUT2D eigenvalue weighted by atomic mass is 9.97. The lowest BCUT2D eigenvalue weighted by molar-refractivity contribution is 0.728. The van der Waals surface area contributed by atoms with Gasteiger partial charge in [0.05, 0.1) is 0 Å². The number of H-pyrrole nitrogens is 1. The second kappa shape index (κ2) is 6.37. The number of pyridine rings is 1. The molecule has 0 spiro atoms. The van der Waals surface area contributed by atoms with Gasteiger partial charge in [-0.3, -0.25) is 4.79 Å². The van der Waals surface area contributed by atoms with Crippen molar-refractivity contribution in [3.8, 4) is 0 Å². The number of unbranched alkanes of at least 4 members (excludes halogenated alkanes) is 1. The van der Waals surface area contributed by atoms with Gasteiger partial charge in [-0.25, -0.2) is 0 Å². The van der Waals surface area contributed by atoms with Crippen LogP contribution in [-0.2, 0) is 12.8 Å². The van der Waals surface area contributed by atoms with Gasteiger partial charge in [0.25, 0.3) is 0 Å². The molecule has 2 nitrogen and oxygen atoms in total. The molecule has 0 aliphatic carbocycles. The Morgan fingerprint density at radius 2 is 1.68 bits per heavy atom. The number of rotatable bonds is 5. The Morgan fingerprint density at radius 3 is 2.37 bits per heavy atom. The summed E-state index contributed by atoms with van der Waals surface area (Å²) in [5, 5.41) is 0. The second-order valence-corrected chi connectivity index (χ2v) is 5.14. The molecular formula is C17H21NO. The lowest BCUT2D eigenvalue weighted by Gasteiger charge is -2.09. The van der Waals surface area contributed by atoms with Crippen molar-refractivity contribution in [1.29, 1.82) is 0 Å². The summed E-state index contributed by atoms with van der Waals surface area (Å²) < 4.78 is 0. The topological polar surface area (TPSA) is 32.9 Å². The van der Waals surface area contributed by atoms with E-state index in [0.717, 1.165) is 24.8 Å². The molecule has 0 saturated heterocycles. The van der Waals surface area contributed by atoms with Crippen LogP contribution in [0, 0.1) is 13.8 Å². The molecule has 0 aliphatic heterocycles. The zero-order valence-electron chi connectivity index (χ0n) is 11.7. The van der Waals surface area contributed by atoms with Crippen LogP contribution in [0.25, 0.3) is 0 Å². The van der Waals surface area contributed by atoms with Crippen molar-refractivity contribution in [1.82, 2.24) is 4.98 Å². The summed E-state index contributed by atoms with van der Waals surface area (Å²) in [4.78, 5) is 13.8. The first-order chi connectivity index (χ1) is 9.16. The molecule has 0 aliphatic rings. The molecule has 1 aromatic heterocycles. The molecule has 0 radical (unpaired) electrons. The molecule has 19 heavy (non-hydrogen) atoms. The van der Waals surface area contributed by atoms with E-state index < -0.39 is 0 Å². The first kappa shape index (κ1) is 13.6. The minimum absolute atomic E-state index is 0.00718. The monoisotopic (exact) mass is 255 g/mol. The van der Waals surface area contributed by atoms with E-state index in [-0.39, 0.29) is 5.56 Å². The maximum absolute atomic E-state index is 11.2. The zero-order chi connectivity index (χ0) is 13.7. The summed E-state index contributed by atoms with van der Waals surface area (Å²) in [7, 11) is 0. The highest BCUT2D eigenvalue weighted by Gasteiger charge is 2.02. The normalized spacial score (nSPS) is 10.6. The van der Waals surface area contributed by atoms with Gasteiger partial charge in [-0.05, 0) is 67.9 Å². The van der Waals surface area contributed by atoms with Crippen LogP contribution >= 0.6 is 0 Å².